The Morgan fingerprint density at radius 1 is 1.11 bits per heavy atom. The number of benzene rings is 2. The molecule has 3 atom stereocenters. The summed E-state index contributed by atoms with van der Waals surface area (Å²) in [5, 5.41) is 4.88. The molecule has 3 heterocycles. The van der Waals surface area contributed by atoms with Crippen LogP contribution in [0.5, 0.6) is 0 Å². The highest BCUT2D eigenvalue weighted by Crippen LogP contribution is 2.34. The van der Waals surface area contributed by atoms with Crippen LogP contribution in [0.15, 0.2) is 72.0 Å². The third kappa shape index (κ3) is 5.53. The van der Waals surface area contributed by atoms with Crippen LogP contribution in [0.4, 0.5) is 4.79 Å². The molecule has 1 fully saturated rings. The van der Waals surface area contributed by atoms with Gasteiger partial charge in [-0.3, -0.25) is 14.7 Å². The molecule has 2 aliphatic rings. The van der Waals surface area contributed by atoms with E-state index in [2.05, 4.69) is 26.1 Å². The van der Waals surface area contributed by atoms with E-state index >= 15 is 0 Å². The lowest BCUT2D eigenvalue weighted by atomic mass is 9.94. The number of carbonyl (C=O) groups is 2. The van der Waals surface area contributed by atoms with E-state index in [-0.39, 0.29) is 24.4 Å². The Morgan fingerprint density at radius 3 is 2.71 bits per heavy atom. The van der Waals surface area contributed by atoms with Crippen LogP contribution < -0.4 is 0 Å². The average molecular weight is 536 g/mol. The number of Topliss-reactive ketones (excluding diaryl/α,β-unsaturated/α-hetero) is 1. The molecule has 2 aliphatic heterocycles. The van der Waals surface area contributed by atoms with Gasteiger partial charge in [-0.1, -0.05) is 53.7 Å². The largest absolute Gasteiger partial charge is 0.444 e. The van der Waals surface area contributed by atoms with Gasteiger partial charge in [0.05, 0.1) is 11.6 Å². The van der Waals surface area contributed by atoms with Crippen molar-refractivity contribution in [3.05, 3.63) is 78.0 Å². The van der Waals surface area contributed by atoms with Crippen molar-refractivity contribution in [3.63, 3.8) is 0 Å². The normalized spacial score (nSPS) is 21.6. The fourth-order valence-electron chi connectivity index (χ4n) is 4.75. The smallest absolute Gasteiger partial charge is 0.410 e. The average Bonchev–Trinajstić information content (AvgIpc) is 3.53. The molecular weight excluding hydrogens is 510 g/mol. The lowest BCUT2D eigenvalue weighted by Crippen LogP contribution is -2.41. The van der Waals surface area contributed by atoms with Gasteiger partial charge in [-0.25, -0.2) is 4.79 Å². The van der Waals surface area contributed by atoms with Crippen molar-refractivity contribution in [2.75, 3.05) is 6.54 Å². The predicted molar refractivity (Wildman–Crippen MR) is 136 cm³/mol. The molecule has 2 aromatic carbocycles. The lowest BCUT2D eigenvalue weighted by molar-refractivity contribution is -0.123. The Hall–Kier alpha value is -3.26. The number of amides is 1. The maximum absolute atomic E-state index is 13.2. The minimum absolute atomic E-state index is 0.0272. The van der Waals surface area contributed by atoms with Crippen molar-refractivity contribution in [2.45, 2.75) is 50.4 Å². The number of aromatic nitrogens is 1. The molecule has 1 amide bonds. The number of pyridine rings is 1. The fourth-order valence-corrected chi connectivity index (χ4v) is 5.20. The van der Waals surface area contributed by atoms with Crippen LogP contribution in [0, 0.1) is 0 Å². The number of likely N-dealkylation sites (tertiary alicyclic amines) is 1. The van der Waals surface area contributed by atoms with Crippen molar-refractivity contribution in [3.8, 4) is 0 Å². The van der Waals surface area contributed by atoms with Crippen LogP contribution in [0.3, 0.4) is 0 Å². The van der Waals surface area contributed by atoms with Crippen LogP contribution >= 0.6 is 15.9 Å². The van der Waals surface area contributed by atoms with E-state index in [9.17, 15) is 9.59 Å². The second kappa shape index (κ2) is 10.6. The molecule has 0 bridgehead atoms. The summed E-state index contributed by atoms with van der Waals surface area (Å²) in [5.41, 5.74) is 2.82. The Labute approximate surface area is 212 Å². The highest BCUT2D eigenvalue weighted by atomic mass is 79.9. The monoisotopic (exact) mass is 535 g/mol. The molecular formula is C27H26BrN3O4. The number of ether oxygens (including phenoxy) is 1. The maximum Gasteiger partial charge on any atom is 0.410 e. The molecule has 7 nitrogen and oxygen atoms in total. The minimum Gasteiger partial charge on any atom is -0.444 e. The molecule has 180 valence electrons. The summed E-state index contributed by atoms with van der Waals surface area (Å²) in [6.45, 7) is 0.551. The number of carbonyl (C=O) groups excluding carboxylic acids is 2. The molecule has 1 aromatic heterocycles. The summed E-state index contributed by atoms with van der Waals surface area (Å²) in [6.07, 6.45) is 3.27. The zero-order chi connectivity index (χ0) is 24.2. The number of hydrogen-bond acceptors (Lipinski definition) is 6. The summed E-state index contributed by atoms with van der Waals surface area (Å²) in [5.74, 6) is 0.111. The second-order valence-corrected chi connectivity index (χ2v) is 9.92. The van der Waals surface area contributed by atoms with Gasteiger partial charge in [0, 0.05) is 42.5 Å². The predicted octanol–water partition coefficient (Wildman–Crippen LogP) is 5.58. The van der Waals surface area contributed by atoms with Gasteiger partial charge in [0.2, 0.25) is 0 Å². The van der Waals surface area contributed by atoms with Gasteiger partial charge < -0.3 is 9.57 Å². The van der Waals surface area contributed by atoms with Crippen molar-refractivity contribution in [1.29, 1.82) is 0 Å². The molecule has 0 N–H and O–H groups in total. The Morgan fingerprint density at radius 2 is 1.91 bits per heavy atom. The van der Waals surface area contributed by atoms with E-state index < -0.39 is 12.1 Å². The van der Waals surface area contributed by atoms with Gasteiger partial charge >= 0.3 is 6.09 Å². The van der Waals surface area contributed by atoms with Crippen LogP contribution in [-0.2, 0) is 21.0 Å². The topological polar surface area (TPSA) is 81.1 Å². The van der Waals surface area contributed by atoms with Crippen LogP contribution in [0.25, 0.3) is 10.9 Å². The Bertz CT molecular complexity index is 1250. The van der Waals surface area contributed by atoms with Gasteiger partial charge in [-0.05, 0) is 46.5 Å². The number of halogens is 1. The van der Waals surface area contributed by atoms with E-state index in [1.54, 1.807) is 11.1 Å². The fraction of sp³-hybridized carbons (Fsp3) is 0.333. The zero-order valence-electron chi connectivity index (χ0n) is 19.2. The Kier molecular flexibility index (Phi) is 7.08. The van der Waals surface area contributed by atoms with Gasteiger partial charge in [-0.2, -0.15) is 0 Å². The molecule has 0 radical (unpaired) electrons. The van der Waals surface area contributed by atoms with E-state index in [4.69, 9.17) is 9.57 Å². The molecule has 0 saturated carbocycles. The first-order valence-corrected chi connectivity index (χ1v) is 12.6. The number of para-hydroxylation sites is 1. The molecule has 1 saturated heterocycles. The zero-order valence-corrected chi connectivity index (χ0v) is 20.8. The number of ketones is 1. The SMILES string of the molecule is O=C(CC[C@@H]1CC(Br)=NO1)[C@@H]1CC(c2ccccc2)CN1C(=O)OCc1cnc2ccccc2c1. The van der Waals surface area contributed by atoms with E-state index in [0.717, 1.165) is 26.7 Å². The number of nitrogens with zero attached hydrogens (tertiary/aromatic N) is 3. The van der Waals surface area contributed by atoms with E-state index in [1.165, 1.54) is 0 Å². The molecule has 8 heteroatoms. The lowest BCUT2D eigenvalue weighted by Gasteiger charge is -2.23. The first-order valence-electron chi connectivity index (χ1n) is 11.8. The highest BCUT2D eigenvalue weighted by Gasteiger charge is 2.40. The molecule has 3 aromatic rings. The van der Waals surface area contributed by atoms with Crippen LogP contribution in [0.1, 0.15) is 42.7 Å². The Balaban J connectivity index is 1.26. The summed E-state index contributed by atoms with van der Waals surface area (Å²) in [7, 11) is 0. The molecule has 5 rings (SSSR count). The number of fused-ring (bicyclic) bond motifs is 1. The van der Waals surface area contributed by atoms with E-state index in [0.29, 0.717) is 32.2 Å². The van der Waals surface area contributed by atoms with Gasteiger partial charge in [0.1, 0.15) is 17.3 Å². The third-order valence-corrected chi connectivity index (χ3v) is 7.07. The second-order valence-electron chi connectivity index (χ2n) is 9.01. The molecule has 0 spiro atoms. The summed E-state index contributed by atoms with van der Waals surface area (Å²) >= 11 is 3.33. The van der Waals surface area contributed by atoms with Crippen molar-refractivity contribution >= 4 is 43.3 Å². The van der Waals surface area contributed by atoms with Gasteiger partial charge in [0.25, 0.3) is 0 Å². The summed E-state index contributed by atoms with van der Waals surface area (Å²) in [4.78, 5) is 37.8. The van der Waals surface area contributed by atoms with Crippen LogP contribution in [-0.4, -0.2) is 45.1 Å². The number of rotatable bonds is 7. The third-order valence-electron chi connectivity index (χ3n) is 6.60. The first-order chi connectivity index (χ1) is 17.1. The van der Waals surface area contributed by atoms with Crippen LogP contribution in [0.2, 0.25) is 0 Å². The van der Waals surface area contributed by atoms with Crippen molar-refractivity contribution in [2.24, 2.45) is 5.16 Å². The maximum atomic E-state index is 13.2. The summed E-state index contributed by atoms with van der Waals surface area (Å²) < 4.78 is 6.42. The highest BCUT2D eigenvalue weighted by molar-refractivity contribution is 9.18. The quantitative estimate of drug-likeness (QED) is 0.394. The van der Waals surface area contributed by atoms with Crippen molar-refractivity contribution in [1.82, 2.24) is 9.88 Å². The molecule has 35 heavy (non-hydrogen) atoms. The van der Waals surface area contributed by atoms with Crippen molar-refractivity contribution < 1.29 is 19.2 Å². The van der Waals surface area contributed by atoms with Gasteiger partial charge in [-0.15, -0.1) is 0 Å². The number of hydrogen-bond donors (Lipinski definition) is 0. The molecule has 0 aliphatic carbocycles. The van der Waals surface area contributed by atoms with E-state index in [1.807, 2.05) is 60.7 Å². The summed E-state index contributed by atoms with van der Waals surface area (Å²) in [6, 6.07) is 19.3. The molecule has 1 unspecified atom stereocenters. The minimum atomic E-state index is -0.520. The standard InChI is InChI=1S/C27H26BrN3O4/c28-26-14-22(35-30-26)10-11-25(32)24-13-21(19-6-2-1-3-7-19)16-31(24)27(33)34-17-18-12-20-8-4-5-9-23(20)29-15-18/h1-9,12,15,21-22,24H,10-11,13-14,16-17H2/t21?,22-,24+/m1/s1. The first kappa shape index (κ1) is 23.5. The number of oxime groups is 1. The van der Waals surface area contributed by atoms with Gasteiger partial charge in [0.15, 0.2) is 5.78 Å².